The van der Waals surface area contributed by atoms with Crippen LogP contribution in [-0.4, -0.2) is 49.1 Å². The molecule has 2 atom stereocenters. The number of anilines is 2. The summed E-state index contributed by atoms with van der Waals surface area (Å²) in [5.74, 6) is 2.70. The van der Waals surface area contributed by atoms with E-state index in [2.05, 4.69) is 27.1 Å². The van der Waals surface area contributed by atoms with Crippen LogP contribution in [0.2, 0.25) is 0 Å². The van der Waals surface area contributed by atoms with Crippen LogP contribution in [0.15, 0.2) is 6.07 Å². The highest BCUT2D eigenvalue weighted by Gasteiger charge is 2.30. The van der Waals surface area contributed by atoms with Crippen molar-refractivity contribution < 1.29 is 4.79 Å². The first-order valence-electron chi connectivity index (χ1n) is 10.0. The van der Waals surface area contributed by atoms with E-state index in [0.29, 0.717) is 12.0 Å². The molecule has 2 heterocycles. The first-order valence-corrected chi connectivity index (χ1v) is 10.0. The molecule has 6 nitrogen and oxygen atoms in total. The lowest BCUT2D eigenvalue weighted by Gasteiger charge is -2.34. The molecule has 3 rings (SSSR count). The summed E-state index contributed by atoms with van der Waals surface area (Å²) in [6.07, 6.45) is 6.67. The minimum atomic E-state index is 0.124. The molecule has 0 bridgehead atoms. The lowest BCUT2D eigenvalue weighted by molar-refractivity contribution is -0.126. The van der Waals surface area contributed by atoms with Crippen molar-refractivity contribution in [2.75, 3.05) is 37.0 Å². The molecule has 2 fully saturated rings. The molecule has 1 aliphatic carbocycles. The summed E-state index contributed by atoms with van der Waals surface area (Å²) in [5, 5.41) is 3.33. The number of aryl methyl sites for hydroxylation is 1. The van der Waals surface area contributed by atoms with Crippen LogP contribution < -0.4 is 15.1 Å². The lowest BCUT2D eigenvalue weighted by Crippen LogP contribution is -2.47. The normalized spacial score (nSPS) is 24.4. The van der Waals surface area contributed by atoms with Gasteiger partial charge in [0.2, 0.25) is 11.9 Å². The van der Waals surface area contributed by atoms with Crippen LogP contribution in [0.5, 0.6) is 0 Å². The molecule has 1 amide bonds. The zero-order chi connectivity index (χ0) is 18.7. The first-order chi connectivity index (χ1) is 12.4. The van der Waals surface area contributed by atoms with Crippen LogP contribution in [0.4, 0.5) is 11.8 Å². The number of amides is 1. The average Bonchev–Trinajstić information content (AvgIpc) is 2.63. The van der Waals surface area contributed by atoms with Gasteiger partial charge in [-0.2, -0.15) is 4.98 Å². The summed E-state index contributed by atoms with van der Waals surface area (Å²) < 4.78 is 0. The van der Waals surface area contributed by atoms with E-state index in [4.69, 9.17) is 0 Å². The van der Waals surface area contributed by atoms with Gasteiger partial charge in [0.15, 0.2) is 0 Å². The minimum absolute atomic E-state index is 0.124. The molecule has 1 saturated carbocycles. The van der Waals surface area contributed by atoms with Crippen LogP contribution in [0.3, 0.4) is 0 Å². The number of hydrogen-bond donors (Lipinski definition) is 1. The Kier molecular flexibility index (Phi) is 5.99. The minimum Gasteiger partial charge on any atom is -0.363 e. The fourth-order valence-electron chi connectivity index (χ4n) is 4.08. The number of aromatic nitrogens is 2. The first kappa shape index (κ1) is 18.9. The van der Waals surface area contributed by atoms with E-state index >= 15 is 0 Å². The predicted octanol–water partition coefficient (Wildman–Crippen LogP) is 2.76. The van der Waals surface area contributed by atoms with E-state index in [1.807, 2.05) is 32.0 Å². The number of piperidine rings is 1. The van der Waals surface area contributed by atoms with Crippen molar-refractivity contribution in [3.8, 4) is 0 Å². The van der Waals surface area contributed by atoms with E-state index in [1.165, 1.54) is 19.3 Å². The maximum absolute atomic E-state index is 12.7. The Morgan fingerprint density at radius 3 is 2.50 bits per heavy atom. The van der Waals surface area contributed by atoms with Gasteiger partial charge in [0.05, 0.1) is 0 Å². The number of hydrogen-bond acceptors (Lipinski definition) is 5. The number of rotatable bonds is 4. The number of nitrogens with zero attached hydrogens (tertiary/aromatic N) is 4. The Morgan fingerprint density at radius 2 is 1.85 bits per heavy atom. The van der Waals surface area contributed by atoms with Gasteiger partial charge < -0.3 is 15.1 Å². The zero-order valence-electron chi connectivity index (χ0n) is 16.7. The van der Waals surface area contributed by atoms with Gasteiger partial charge in [0.25, 0.3) is 0 Å². The summed E-state index contributed by atoms with van der Waals surface area (Å²) in [7, 11) is 3.99. The highest BCUT2D eigenvalue weighted by Crippen LogP contribution is 2.26. The summed E-state index contributed by atoms with van der Waals surface area (Å²) in [6.45, 7) is 5.96. The molecule has 6 heteroatoms. The van der Waals surface area contributed by atoms with Crippen LogP contribution in [0.25, 0.3) is 0 Å². The third-order valence-electron chi connectivity index (χ3n) is 5.87. The third kappa shape index (κ3) is 4.46. The van der Waals surface area contributed by atoms with Crippen molar-refractivity contribution in [1.82, 2.24) is 15.3 Å². The quantitative estimate of drug-likeness (QED) is 0.896. The number of nitrogens with one attached hydrogen (secondary N) is 1. The molecule has 2 aliphatic rings. The highest BCUT2D eigenvalue weighted by molar-refractivity contribution is 5.79. The largest absolute Gasteiger partial charge is 0.363 e. The molecule has 1 aliphatic heterocycles. The molecule has 144 valence electrons. The Morgan fingerprint density at radius 1 is 1.15 bits per heavy atom. The van der Waals surface area contributed by atoms with Gasteiger partial charge in [-0.15, -0.1) is 0 Å². The van der Waals surface area contributed by atoms with E-state index in [1.54, 1.807) is 0 Å². The molecule has 1 saturated heterocycles. The third-order valence-corrected chi connectivity index (χ3v) is 5.87. The Hall–Kier alpha value is -1.85. The van der Waals surface area contributed by atoms with Gasteiger partial charge >= 0.3 is 0 Å². The van der Waals surface area contributed by atoms with Crippen molar-refractivity contribution >= 4 is 17.7 Å². The number of carbonyl (C=O) groups excluding carboxylic acids is 1. The standard InChI is InChI=1S/C20H33N5O/c1-14-7-5-6-8-17(14)22-19(26)16-9-11-25(12-10-16)20-21-15(2)13-18(23-20)24(3)4/h13-14,16-17H,5-12H2,1-4H3,(H,22,26)/t14-,17+/m0/s1. The fraction of sp³-hybridized carbons (Fsp3) is 0.750. The topological polar surface area (TPSA) is 61.4 Å². The van der Waals surface area contributed by atoms with Gasteiger partial charge in [-0.05, 0) is 38.5 Å². The number of carbonyl (C=O) groups is 1. The molecule has 1 N–H and O–H groups in total. The van der Waals surface area contributed by atoms with Gasteiger partial charge in [-0.25, -0.2) is 4.98 Å². The lowest BCUT2D eigenvalue weighted by atomic mass is 9.85. The Balaban J connectivity index is 1.56. The summed E-state index contributed by atoms with van der Waals surface area (Å²) in [6, 6.07) is 2.37. The van der Waals surface area contributed by atoms with Crippen LogP contribution in [-0.2, 0) is 4.79 Å². The molecular weight excluding hydrogens is 326 g/mol. The van der Waals surface area contributed by atoms with Gasteiger partial charge in [-0.1, -0.05) is 19.8 Å². The van der Waals surface area contributed by atoms with Crippen molar-refractivity contribution in [3.05, 3.63) is 11.8 Å². The van der Waals surface area contributed by atoms with Crippen LogP contribution in [0.1, 0.15) is 51.1 Å². The van der Waals surface area contributed by atoms with Gasteiger partial charge in [-0.3, -0.25) is 4.79 Å². The molecule has 0 aromatic carbocycles. The monoisotopic (exact) mass is 359 g/mol. The SMILES string of the molecule is Cc1cc(N(C)C)nc(N2CCC(C(=O)N[C@@H]3CCCC[C@@H]3C)CC2)n1. The van der Waals surface area contributed by atoms with Gasteiger partial charge in [0.1, 0.15) is 5.82 Å². The summed E-state index contributed by atoms with van der Waals surface area (Å²) >= 11 is 0. The molecule has 0 radical (unpaired) electrons. The second kappa shape index (κ2) is 8.23. The predicted molar refractivity (Wildman–Crippen MR) is 106 cm³/mol. The maximum Gasteiger partial charge on any atom is 0.227 e. The second-order valence-electron chi connectivity index (χ2n) is 8.20. The second-order valence-corrected chi connectivity index (χ2v) is 8.20. The van der Waals surface area contributed by atoms with Crippen molar-refractivity contribution in [1.29, 1.82) is 0 Å². The van der Waals surface area contributed by atoms with Crippen LogP contribution >= 0.6 is 0 Å². The van der Waals surface area contributed by atoms with E-state index < -0.39 is 0 Å². The van der Waals surface area contributed by atoms with Crippen molar-refractivity contribution in [2.24, 2.45) is 11.8 Å². The van der Waals surface area contributed by atoms with E-state index in [0.717, 1.165) is 49.8 Å². The van der Waals surface area contributed by atoms with Crippen molar-refractivity contribution in [2.45, 2.75) is 58.4 Å². The van der Waals surface area contributed by atoms with E-state index in [9.17, 15) is 4.79 Å². The fourth-order valence-corrected chi connectivity index (χ4v) is 4.08. The molecule has 1 aromatic rings. The molecule has 0 spiro atoms. The molecular formula is C20H33N5O. The van der Waals surface area contributed by atoms with Crippen LogP contribution in [0, 0.1) is 18.8 Å². The summed E-state index contributed by atoms with van der Waals surface area (Å²) in [5.41, 5.74) is 0.977. The zero-order valence-corrected chi connectivity index (χ0v) is 16.7. The van der Waals surface area contributed by atoms with Crippen molar-refractivity contribution in [3.63, 3.8) is 0 Å². The highest BCUT2D eigenvalue weighted by atomic mass is 16.2. The summed E-state index contributed by atoms with van der Waals surface area (Å²) in [4.78, 5) is 26.2. The molecule has 1 aromatic heterocycles. The molecule has 26 heavy (non-hydrogen) atoms. The maximum atomic E-state index is 12.7. The Bertz CT molecular complexity index is 625. The molecule has 0 unspecified atom stereocenters. The average molecular weight is 360 g/mol. The smallest absolute Gasteiger partial charge is 0.227 e. The van der Waals surface area contributed by atoms with Gasteiger partial charge in [0, 0.05) is 50.9 Å². The van der Waals surface area contributed by atoms with E-state index in [-0.39, 0.29) is 11.8 Å². The Labute approximate surface area is 157 Å².